The normalized spacial score (nSPS) is 29.5. The van der Waals surface area contributed by atoms with Crippen LogP contribution < -0.4 is 20.3 Å². The van der Waals surface area contributed by atoms with E-state index in [0.717, 1.165) is 43.5 Å². The van der Waals surface area contributed by atoms with Crippen molar-refractivity contribution >= 4 is 51.7 Å². The van der Waals surface area contributed by atoms with Crippen LogP contribution in [0.4, 0.5) is 21.3 Å². The molecule has 2 bridgehead atoms. The Balaban J connectivity index is 1.07. The fourth-order valence-electron chi connectivity index (χ4n) is 8.54. The first-order chi connectivity index (χ1) is 21.7. The van der Waals surface area contributed by atoms with Gasteiger partial charge in [-0.1, -0.05) is 0 Å². The average Bonchev–Trinajstić information content (AvgIpc) is 3.75. The van der Waals surface area contributed by atoms with Gasteiger partial charge < -0.3 is 25.2 Å². The number of aromatic nitrogens is 3. The number of nitriles is 1. The van der Waals surface area contributed by atoms with Gasteiger partial charge >= 0.3 is 6.01 Å². The van der Waals surface area contributed by atoms with Crippen molar-refractivity contribution in [2.45, 2.75) is 79.7 Å². The number of ether oxygens (including phenoxy) is 1. The number of anilines is 3. The first kappa shape index (κ1) is 29.2. The van der Waals surface area contributed by atoms with E-state index in [1.54, 1.807) is 0 Å². The van der Waals surface area contributed by atoms with Crippen molar-refractivity contribution in [3.05, 3.63) is 16.0 Å². The predicted octanol–water partition coefficient (Wildman–Crippen LogP) is 2.46. The van der Waals surface area contributed by atoms with E-state index in [0.29, 0.717) is 68.2 Å². The highest BCUT2D eigenvalue weighted by Gasteiger charge is 2.54. The summed E-state index contributed by atoms with van der Waals surface area (Å²) in [5.74, 6) is 1.61. The standard InChI is InChI=1S/C30H36FN9O3S2/c1-17(41)7-23(42)40-19-3-4-20(40)12-37(11-19)26-34-27(36-28(35-26)43-16-29-5-2-6-39(29)10-18(31)8-29)38-14-30(15-38)24-21(9-32)25(33)45-22(24)13-44-30/h18-20H,2-8,10-16,33H2,1H3/t18-,19-,20+,29+/m1/s1. The summed E-state index contributed by atoms with van der Waals surface area (Å²) in [6.07, 6.45) is 3.17. The molecule has 0 saturated carbocycles. The quantitative estimate of drug-likeness (QED) is 0.438. The number of nitrogen functional groups attached to an aromatic ring is 1. The molecule has 2 aromatic rings. The maximum Gasteiger partial charge on any atom is 0.323 e. The minimum atomic E-state index is -0.855. The number of alkyl halides is 1. The monoisotopic (exact) mass is 653 g/mol. The summed E-state index contributed by atoms with van der Waals surface area (Å²) >= 11 is 3.35. The van der Waals surface area contributed by atoms with E-state index < -0.39 is 6.17 Å². The Labute approximate surface area is 269 Å². The fourth-order valence-corrected chi connectivity index (χ4v) is 11.3. The molecule has 5 saturated heterocycles. The summed E-state index contributed by atoms with van der Waals surface area (Å²) in [6, 6.07) is 2.52. The van der Waals surface area contributed by atoms with Crippen molar-refractivity contribution in [2.75, 3.05) is 61.4 Å². The number of halogens is 1. The molecule has 45 heavy (non-hydrogen) atoms. The van der Waals surface area contributed by atoms with Gasteiger partial charge in [0.1, 0.15) is 29.6 Å². The van der Waals surface area contributed by atoms with Gasteiger partial charge in [0.25, 0.3) is 0 Å². The number of Topliss-reactive ketones (excluding diaryl/α,β-unsaturated/α-hetero) is 1. The molecule has 0 radical (unpaired) electrons. The van der Waals surface area contributed by atoms with Crippen molar-refractivity contribution in [1.82, 2.24) is 24.8 Å². The maximum atomic E-state index is 14.5. The van der Waals surface area contributed by atoms with Crippen LogP contribution in [0.2, 0.25) is 0 Å². The molecule has 2 N–H and O–H groups in total. The minimum Gasteiger partial charge on any atom is -0.461 e. The Hall–Kier alpha value is -3.22. The highest BCUT2D eigenvalue weighted by atomic mass is 32.2. The zero-order valence-electron chi connectivity index (χ0n) is 25.2. The van der Waals surface area contributed by atoms with E-state index in [9.17, 15) is 19.2 Å². The Kier molecular flexibility index (Phi) is 6.92. The second-order valence-corrected chi connectivity index (χ2v) is 15.9. The second kappa shape index (κ2) is 10.7. The second-order valence-electron chi connectivity index (χ2n) is 13.4. The first-order valence-electron chi connectivity index (χ1n) is 15.7. The number of ketones is 1. The average molecular weight is 654 g/mol. The number of carbonyl (C=O) groups is 2. The van der Waals surface area contributed by atoms with Crippen LogP contribution in [0.3, 0.4) is 0 Å². The first-order valence-corrected chi connectivity index (χ1v) is 17.5. The number of hydrogen-bond donors (Lipinski definition) is 1. The van der Waals surface area contributed by atoms with Crippen LogP contribution >= 0.6 is 23.1 Å². The van der Waals surface area contributed by atoms with E-state index in [1.807, 2.05) is 16.7 Å². The Morgan fingerprint density at radius 2 is 1.87 bits per heavy atom. The van der Waals surface area contributed by atoms with E-state index >= 15 is 0 Å². The summed E-state index contributed by atoms with van der Waals surface area (Å²) in [5.41, 5.74) is 7.51. The lowest BCUT2D eigenvalue weighted by atomic mass is 9.88. The van der Waals surface area contributed by atoms with E-state index in [-0.39, 0.29) is 46.5 Å². The number of nitrogens with zero attached hydrogens (tertiary/aromatic N) is 8. The molecule has 8 heterocycles. The fraction of sp³-hybridized carbons (Fsp3) is 0.667. The lowest BCUT2D eigenvalue weighted by Crippen LogP contribution is -2.58. The van der Waals surface area contributed by atoms with Crippen molar-refractivity contribution < 1.29 is 18.7 Å². The molecule has 15 heteroatoms. The van der Waals surface area contributed by atoms with Gasteiger partial charge in [0.05, 0.1) is 22.3 Å². The molecule has 8 rings (SSSR count). The van der Waals surface area contributed by atoms with Gasteiger partial charge in [0, 0.05) is 67.4 Å². The molecule has 6 aliphatic rings. The van der Waals surface area contributed by atoms with Gasteiger partial charge in [0.2, 0.25) is 17.8 Å². The Morgan fingerprint density at radius 1 is 1.13 bits per heavy atom. The summed E-state index contributed by atoms with van der Waals surface area (Å²) in [6.45, 7) is 5.49. The number of piperazine rings is 1. The minimum absolute atomic E-state index is 0.0138. The van der Waals surface area contributed by atoms with Crippen LogP contribution in [0, 0.1) is 11.3 Å². The molecule has 4 atom stereocenters. The SMILES string of the molecule is CC(=O)CC(=O)N1[C@@H]2CC[C@H]1CN(c1nc(OC[C@@]34CCCN3C[C@H](F)C4)nc(N3CC4(C3)SCc3sc(N)c(C#N)c34)n1)C2. The van der Waals surface area contributed by atoms with Crippen molar-refractivity contribution in [2.24, 2.45) is 0 Å². The predicted molar refractivity (Wildman–Crippen MR) is 168 cm³/mol. The van der Waals surface area contributed by atoms with Crippen LogP contribution in [0.1, 0.15) is 61.5 Å². The molecule has 0 aromatic carbocycles. The molecule has 238 valence electrons. The van der Waals surface area contributed by atoms with Crippen LogP contribution in [-0.4, -0.2) is 106 Å². The number of fused-ring (bicyclic) bond motifs is 5. The zero-order chi connectivity index (χ0) is 31.1. The number of hydrogen-bond acceptors (Lipinski definition) is 13. The van der Waals surface area contributed by atoms with Crippen molar-refractivity contribution in [3.63, 3.8) is 0 Å². The maximum absolute atomic E-state index is 14.5. The summed E-state index contributed by atoms with van der Waals surface area (Å²) < 4.78 is 20.6. The number of thioether (sulfide) groups is 1. The lowest BCUT2D eigenvalue weighted by Gasteiger charge is -2.48. The van der Waals surface area contributed by atoms with Gasteiger partial charge in [-0.25, -0.2) is 4.39 Å². The van der Waals surface area contributed by atoms with Crippen LogP contribution in [0.5, 0.6) is 6.01 Å². The molecule has 0 unspecified atom stereocenters. The molecule has 5 fully saturated rings. The molecular formula is C30H36FN9O3S2. The molecule has 1 amide bonds. The Bertz CT molecular complexity index is 1600. The smallest absolute Gasteiger partial charge is 0.323 e. The molecular weight excluding hydrogens is 618 g/mol. The summed E-state index contributed by atoms with van der Waals surface area (Å²) in [5, 5.41) is 10.4. The van der Waals surface area contributed by atoms with Crippen molar-refractivity contribution in [1.29, 1.82) is 5.26 Å². The summed E-state index contributed by atoms with van der Waals surface area (Å²) in [7, 11) is 0. The highest BCUT2D eigenvalue weighted by molar-refractivity contribution is 8.00. The topological polar surface area (TPSA) is 145 Å². The molecule has 6 aliphatic heterocycles. The number of nitrogens with two attached hydrogens (primary N) is 1. The van der Waals surface area contributed by atoms with Gasteiger partial charge in [-0.2, -0.15) is 20.2 Å². The zero-order valence-corrected chi connectivity index (χ0v) is 26.8. The van der Waals surface area contributed by atoms with Gasteiger partial charge in [-0.15, -0.1) is 23.1 Å². The molecule has 0 aliphatic carbocycles. The molecule has 12 nitrogen and oxygen atoms in total. The van der Waals surface area contributed by atoms with Crippen LogP contribution in [-0.2, 0) is 20.1 Å². The number of carbonyl (C=O) groups excluding carboxylic acids is 2. The Morgan fingerprint density at radius 3 is 2.58 bits per heavy atom. The van der Waals surface area contributed by atoms with Crippen LogP contribution in [0.25, 0.3) is 0 Å². The van der Waals surface area contributed by atoms with E-state index in [1.165, 1.54) is 23.1 Å². The van der Waals surface area contributed by atoms with Crippen LogP contribution in [0.15, 0.2) is 0 Å². The third kappa shape index (κ3) is 4.74. The van der Waals surface area contributed by atoms with E-state index in [2.05, 4.69) is 20.8 Å². The highest BCUT2D eigenvalue weighted by Crippen LogP contribution is 2.57. The number of amides is 1. The van der Waals surface area contributed by atoms with Crippen molar-refractivity contribution in [3.8, 4) is 12.1 Å². The third-order valence-electron chi connectivity index (χ3n) is 10.5. The number of thiophene rings is 1. The van der Waals surface area contributed by atoms with Gasteiger partial charge in [-0.3, -0.25) is 14.5 Å². The molecule has 2 aromatic heterocycles. The van der Waals surface area contributed by atoms with Gasteiger partial charge in [0.15, 0.2) is 0 Å². The van der Waals surface area contributed by atoms with E-state index in [4.69, 9.17) is 25.4 Å². The lowest BCUT2D eigenvalue weighted by molar-refractivity contribution is -0.137. The third-order valence-corrected chi connectivity index (χ3v) is 13.2. The molecule has 1 spiro atoms. The largest absolute Gasteiger partial charge is 0.461 e. The number of rotatable bonds is 7. The van der Waals surface area contributed by atoms with Gasteiger partial charge in [-0.05, 0) is 39.2 Å². The summed E-state index contributed by atoms with van der Waals surface area (Å²) in [4.78, 5) is 48.6.